The fourth-order valence-electron chi connectivity index (χ4n) is 2.86. The van der Waals surface area contributed by atoms with Crippen LogP contribution in [-0.4, -0.2) is 42.6 Å². The Hall–Kier alpha value is -1.13. The van der Waals surface area contributed by atoms with Crippen LogP contribution in [0.2, 0.25) is 0 Å². The summed E-state index contributed by atoms with van der Waals surface area (Å²) >= 11 is 0. The number of aryl methyl sites for hydroxylation is 1. The maximum Gasteiger partial charge on any atom is 0.0446 e. The van der Waals surface area contributed by atoms with E-state index in [1.165, 1.54) is 43.7 Å². The third-order valence-corrected chi connectivity index (χ3v) is 4.24. The standard InChI is InChI=1S/C15H24N4/c1-12-8-15(14(9-16)10-17-12)19-6-4-18(5-7-19)11-13-2-3-13/h8,10,13H,2-7,9,11,16H2,1H3. The number of piperazine rings is 1. The highest BCUT2D eigenvalue weighted by Crippen LogP contribution is 2.30. The summed E-state index contributed by atoms with van der Waals surface area (Å²) in [6, 6.07) is 2.18. The Bertz CT molecular complexity index is 434. The summed E-state index contributed by atoms with van der Waals surface area (Å²) in [7, 11) is 0. The lowest BCUT2D eigenvalue weighted by molar-refractivity contribution is 0.248. The van der Waals surface area contributed by atoms with E-state index in [4.69, 9.17) is 5.73 Å². The molecule has 4 heteroatoms. The zero-order valence-electron chi connectivity index (χ0n) is 11.8. The van der Waals surface area contributed by atoms with Gasteiger partial charge in [0.05, 0.1) is 0 Å². The molecule has 1 aromatic rings. The minimum Gasteiger partial charge on any atom is -0.369 e. The minimum atomic E-state index is 0.574. The molecule has 2 N–H and O–H groups in total. The van der Waals surface area contributed by atoms with Gasteiger partial charge in [0.25, 0.3) is 0 Å². The average Bonchev–Trinajstić information content (AvgIpc) is 3.23. The number of anilines is 1. The minimum absolute atomic E-state index is 0.574. The molecule has 0 atom stereocenters. The number of rotatable bonds is 4. The van der Waals surface area contributed by atoms with Crippen LogP contribution >= 0.6 is 0 Å². The van der Waals surface area contributed by atoms with Gasteiger partial charge < -0.3 is 10.6 Å². The fourth-order valence-corrected chi connectivity index (χ4v) is 2.86. The maximum absolute atomic E-state index is 5.83. The van der Waals surface area contributed by atoms with Crippen molar-refractivity contribution in [2.45, 2.75) is 26.3 Å². The van der Waals surface area contributed by atoms with Crippen molar-refractivity contribution in [2.24, 2.45) is 11.7 Å². The van der Waals surface area contributed by atoms with Crippen molar-refractivity contribution in [1.29, 1.82) is 0 Å². The number of pyridine rings is 1. The third-order valence-electron chi connectivity index (χ3n) is 4.24. The quantitative estimate of drug-likeness (QED) is 0.888. The number of nitrogens with zero attached hydrogens (tertiary/aromatic N) is 3. The highest BCUT2D eigenvalue weighted by Gasteiger charge is 2.26. The summed E-state index contributed by atoms with van der Waals surface area (Å²) in [5.41, 5.74) is 9.37. The zero-order chi connectivity index (χ0) is 13.2. The lowest BCUT2D eigenvalue weighted by Crippen LogP contribution is -2.47. The fraction of sp³-hybridized carbons (Fsp3) is 0.667. The lowest BCUT2D eigenvalue weighted by atomic mass is 10.1. The molecule has 1 saturated carbocycles. The SMILES string of the molecule is Cc1cc(N2CCN(CC3CC3)CC2)c(CN)cn1. The van der Waals surface area contributed by atoms with Crippen LogP contribution in [0.1, 0.15) is 24.1 Å². The second-order valence-corrected chi connectivity index (χ2v) is 5.89. The van der Waals surface area contributed by atoms with Crippen LogP contribution in [0.3, 0.4) is 0 Å². The molecule has 1 aliphatic carbocycles. The summed E-state index contributed by atoms with van der Waals surface area (Å²) in [6.07, 6.45) is 4.82. The molecule has 0 radical (unpaired) electrons. The van der Waals surface area contributed by atoms with Gasteiger partial charge in [-0.1, -0.05) is 0 Å². The largest absolute Gasteiger partial charge is 0.369 e. The Morgan fingerprint density at radius 3 is 2.63 bits per heavy atom. The molecule has 19 heavy (non-hydrogen) atoms. The van der Waals surface area contributed by atoms with Crippen LogP contribution < -0.4 is 10.6 Å². The molecule has 2 aliphatic rings. The molecule has 2 fully saturated rings. The molecule has 104 valence electrons. The Balaban J connectivity index is 1.65. The highest BCUT2D eigenvalue weighted by atomic mass is 15.3. The van der Waals surface area contributed by atoms with E-state index in [2.05, 4.69) is 20.9 Å². The molecule has 1 saturated heterocycles. The molecule has 0 bridgehead atoms. The summed E-state index contributed by atoms with van der Waals surface area (Å²) in [5, 5.41) is 0. The van der Waals surface area contributed by atoms with Crippen molar-refractivity contribution in [1.82, 2.24) is 9.88 Å². The second-order valence-electron chi connectivity index (χ2n) is 5.89. The molecule has 1 aromatic heterocycles. The summed E-state index contributed by atoms with van der Waals surface area (Å²) in [6.45, 7) is 8.53. The van der Waals surface area contributed by atoms with E-state index in [0.29, 0.717) is 6.54 Å². The van der Waals surface area contributed by atoms with Gasteiger partial charge in [0.1, 0.15) is 0 Å². The summed E-state index contributed by atoms with van der Waals surface area (Å²) in [4.78, 5) is 9.44. The van der Waals surface area contributed by atoms with Crippen molar-refractivity contribution in [3.8, 4) is 0 Å². The van der Waals surface area contributed by atoms with Crippen LogP contribution in [0.5, 0.6) is 0 Å². The van der Waals surface area contributed by atoms with Crippen molar-refractivity contribution in [3.63, 3.8) is 0 Å². The van der Waals surface area contributed by atoms with Crippen molar-refractivity contribution in [2.75, 3.05) is 37.6 Å². The van der Waals surface area contributed by atoms with Gasteiger partial charge in [-0.25, -0.2) is 0 Å². The molecule has 0 spiro atoms. The van der Waals surface area contributed by atoms with Gasteiger partial charge in [0, 0.05) is 62.4 Å². The van der Waals surface area contributed by atoms with E-state index in [1.807, 2.05) is 13.1 Å². The van der Waals surface area contributed by atoms with Crippen LogP contribution in [0, 0.1) is 12.8 Å². The Morgan fingerprint density at radius 1 is 1.26 bits per heavy atom. The highest BCUT2D eigenvalue weighted by molar-refractivity contribution is 5.54. The molecule has 0 unspecified atom stereocenters. The molecule has 2 heterocycles. The van der Waals surface area contributed by atoms with Gasteiger partial charge in [-0.2, -0.15) is 0 Å². The zero-order valence-corrected chi connectivity index (χ0v) is 11.8. The number of aromatic nitrogens is 1. The van der Waals surface area contributed by atoms with Crippen LogP contribution in [-0.2, 0) is 6.54 Å². The lowest BCUT2D eigenvalue weighted by Gasteiger charge is -2.37. The normalized spacial score (nSPS) is 20.8. The first-order valence-electron chi connectivity index (χ1n) is 7.39. The first-order chi connectivity index (χ1) is 9.26. The smallest absolute Gasteiger partial charge is 0.0446 e. The van der Waals surface area contributed by atoms with E-state index in [9.17, 15) is 0 Å². The van der Waals surface area contributed by atoms with Crippen molar-refractivity contribution < 1.29 is 0 Å². The monoisotopic (exact) mass is 260 g/mol. The molecule has 3 rings (SSSR count). The van der Waals surface area contributed by atoms with Crippen molar-refractivity contribution in [3.05, 3.63) is 23.5 Å². The molecule has 0 aromatic carbocycles. The second kappa shape index (κ2) is 5.47. The van der Waals surface area contributed by atoms with Gasteiger partial charge >= 0.3 is 0 Å². The first-order valence-corrected chi connectivity index (χ1v) is 7.39. The Kier molecular flexibility index (Phi) is 3.71. The van der Waals surface area contributed by atoms with E-state index >= 15 is 0 Å². The Labute approximate surface area is 115 Å². The maximum atomic E-state index is 5.83. The van der Waals surface area contributed by atoms with Crippen molar-refractivity contribution >= 4 is 5.69 Å². The van der Waals surface area contributed by atoms with Crippen LogP contribution in [0.25, 0.3) is 0 Å². The summed E-state index contributed by atoms with van der Waals surface area (Å²) < 4.78 is 0. The topological polar surface area (TPSA) is 45.4 Å². The molecule has 4 nitrogen and oxygen atoms in total. The van der Waals surface area contributed by atoms with Gasteiger partial charge in [0.15, 0.2) is 0 Å². The van der Waals surface area contributed by atoms with Crippen LogP contribution in [0.4, 0.5) is 5.69 Å². The first kappa shape index (κ1) is 12.9. The van der Waals surface area contributed by atoms with E-state index < -0.39 is 0 Å². The molecule has 0 amide bonds. The number of hydrogen-bond acceptors (Lipinski definition) is 4. The van der Waals surface area contributed by atoms with Gasteiger partial charge in [0.2, 0.25) is 0 Å². The predicted molar refractivity (Wildman–Crippen MR) is 78.2 cm³/mol. The van der Waals surface area contributed by atoms with E-state index in [0.717, 1.165) is 24.7 Å². The number of nitrogens with two attached hydrogens (primary N) is 1. The molecule has 1 aliphatic heterocycles. The summed E-state index contributed by atoms with van der Waals surface area (Å²) in [5.74, 6) is 0.995. The number of hydrogen-bond donors (Lipinski definition) is 1. The predicted octanol–water partition coefficient (Wildman–Crippen LogP) is 1.38. The third kappa shape index (κ3) is 3.07. The Morgan fingerprint density at radius 2 is 2.00 bits per heavy atom. The van der Waals surface area contributed by atoms with Gasteiger partial charge in [-0.3, -0.25) is 9.88 Å². The molecular weight excluding hydrogens is 236 g/mol. The molecular formula is C15H24N4. The van der Waals surface area contributed by atoms with Crippen LogP contribution in [0.15, 0.2) is 12.3 Å². The van der Waals surface area contributed by atoms with Gasteiger partial charge in [-0.15, -0.1) is 0 Å². The van der Waals surface area contributed by atoms with Gasteiger partial charge in [-0.05, 0) is 31.7 Å². The van der Waals surface area contributed by atoms with E-state index in [-0.39, 0.29) is 0 Å². The average molecular weight is 260 g/mol. The van der Waals surface area contributed by atoms with E-state index in [1.54, 1.807) is 0 Å².